The van der Waals surface area contributed by atoms with Gasteiger partial charge in [0.15, 0.2) is 0 Å². The zero-order chi connectivity index (χ0) is 16.1. The number of nitrogens with one attached hydrogen (secondary N) is 1. The zero-order valence-electron chi connectivity index (χ0n) is 13.7. The zero-order valence-corrected chi connectivity index (χ0v) is 14.5. The summed E-state index contributed by atoms with van der Waals surface area (Å²) in [5, 5.41) is 5.03. The van der Waals surface area contributed by atoms with Gasteiger partial charge in [0.2, 0.25) is 5.91 Å². The van der Waals surface area contributed by atoms with Gasteiger partial charge in [-0.3, -0.25) is 9.69 Å². The highest BCUT2D eigenvalue weighted by atomic mass is 32.1. The molecular weight excluding hydrogens is 292 g/mol. The number of nitrogens with zero attached hydrogens (tertiary/aromatic N) is 1. The highest BCUT2D eigenvalue weighted by Crippen LogP contribution is 2.14. The SMILES string of the molecule is Cc1ccc(CN(C)[C@@H](C)C(=O)NCc2cccs2)c(C)c1. The van der Waals surface area contributed by atoms with Crippen molar-refractivity contribution in [3.05, 3.63) is 57.3 Å². The van der Waals surface area contributed by atoms with Crippen molar-refractivity contribution < 1.29 is 4.79 Å². The summed E-state index contributed by atoms with van der Waals surface area (Å²) in [6.07, 6.45) is 0. The summed E-state index contributed by atoms with van der Waals surface area (Å²) >= 11 is 1.66. The fraction of sp³-hybridized carbons (Fsp3) is 0.389. The van der Waals surface area contributed by atoms with Crippen LogP contribution in [-0.2, 0) is 17.9 Å². The van der Waals surface area contributed by atoms with Gasteiger partial charge in [0.1, 0.15) is 0 Å². The van der Waals surface area contributed by atoms with Crippen LogP contribution in [0.25, 0.3) is 0 Å². The van der Waals surface area contributed by atoms with E-state index >= 15 is 0 Å². The third kappa shape index (κ3) is 4.42. The fourth-order valence-corrected chi connectivity index (χ4v) is 3.01. The molecule has 0 fully saturated rings. The van der Waals surface area contributed by atoms with Crippen LogP contribution in [0.5, 0.6) is 0 Å². The van der Waals surface area contributed by atoms with Crippen molar-refractivity contribution in [2.45, 2.75) is 39.9 Å². The van der Waals surface area contributed by atoms with Gasteiger partial charge in [0.25, 0.3) is 0 Å². The van der Waals surface area contributed by atoms with Gasteiger partial charge in [-0.1, -0.05) is 29.8 Å². The molecule has 0 bridgehead atoms. The van der Waals surface area contributed by atoms with Crippen LogP contribution in [0.15, 0.2) is 35.7 Å². The minimum atomic E-state index is -0.152. The average Bonchev–Trinajstić information content (AvgIpc) is 3.00. The Morgan fingerprint density at radius 2 is 2.09 bits per heavy atom. The monoisotopic (exact) mass is 316 g/mol. The van der Waals surface area contributed by atoms with Gasteiger partial charge in [-0.15, -0.1) is 11.3 Å². The van der Waals surface area contributed by atoms with Crippen LogP contribution < -0.4 is 5.32 Å². The number of rotatable bonds is 6. The van der Waals surface area contributed by atoms with Gasteiger partial charge in [-0.2, -0.15) is 0 Å². The maximum absolute atomic E-state index is 12.3. The normalized spacial score (nSPS) is 12.4. The summed E-state index contributed by atoms with van der Waals surface area (Å²) in [5.74, 6) is 0.0701. The topological polar surface area (TPSA) is 32.3 Å². The van der Waals surface area contributed by atoms with E-state index in [9.17, 15) is 4.79 Å². The number of hydrogen-bond donors (Lipinski definition) is 1. The van der Waals surface area contributed by atoms with E-state index in [1.165, 1.54) is 21.6 Å². The van der Waals surface area contributed by atoms with E-state index in [2.05, 4.69) is 42.3 Å². The predicted molar refractivity (Wildman–Crippen MR) is 93.0 cm³/mol. The quantitative estimate of drug-likeness (QED) is 0.884. The molecule has 1 aromatic heterocycles. The molecule has 0 unspecified atom stereocenters. The van der Waals surface area contributed by atoms with Crippen molar-refractivity contribution in [1.29, 1.82) is 0 Å². The number of aryl methyl sites for hydroxylation is 2. The van der Waals surface area contributed by atoms with Crippen molar-refractivity contribution in [3.63, 3.8) is 0 Å². The van der Waals surface area contributed by atoms with E-state index < -0.39 is 0 Å². The second kappa shape index (κ2) is 7.56. The van der Waals surface area contributed by atoms with Crippen molar-refractivity contribution in [3.8, 4) is 0 Å². The molecule has 118 valence electrons. The molecule has 1 amide bonds. The van der Waals surface area contributed by atoms with E-state index in [1.54, 1.807) is 11.3 Å². The number of thiophene rings is 1. The molecule has 4 heteroatoms. The molecule has 0 aliphatic carbocycles. The minimum Gasteiger partial charge on any atom is -0.350 e. The van der Waals surface area contributed by atoms with E-state index in [1.807, 2.05) is 31.5 Å². The van der Waals surface area contributed by atoms with Gasteiger partial charge in [-0.25, -0.2) is 0 Å². The van der Waals surface area contributed by atoms with Crippen molar-refractivity contribution >= 4 is 17.2 Å². The largest absolute Gasteiger partial charge is 0.350 e. The Morgan fingerprint density at radius 3 is 2.73 bits per heavy atom. The van der Waals surface area contributed by atoms with Gasteiger partial charge in [0, 0.05) is 11.4 Å². The highest BCUT2D eigenvalue weighted by Gasteiger charge is 2.18. The third-order valence-electron chi connectivity index (χ3n) is 3.98. The van der Waals surface area contributed by atoms with E-state index in [0.29, 0.717) is 6.54 Å². The molecule has 2 aromatic rings. The van der Waals surface area contributed by atoms with Gasteiger partial charge < -0.3 is 5.32 Å². The third-order valence-corrected chi connectivity index (χ3v) is 4.85. The Bertz CT molecular complexity index is 622. The lowest BCUT2D eigenvalue weighted by Crippen LogP contribution is -2.42. The molecule has 0 saturated heterocycles. The number of carbonyl (C=O) groups excluding carboxylic acids is 1. The molecule has 0 aliphatic heterocycles. The summed E-state index contributed by atoms with van der Waals surface area (Å²) < 4.78 is 0. The molecular formula is C18H24N2OS. The second-order valence-corrected chi connectivity index (χ2v) is 6.85. The molecule has 3 nitrogen and oxygen atoms in total. The first-order valence-corrected chi connectivity index (χ1v) is 8.42. The highest BCUT2D eigenvalue weighted by molar-refractivity contribution is 7.09. The average molecular weight is 316 g/mol. The van der Waals surface area contributed by atoms with E-state index in [-0.39, 0.29) is 11.9 Å². The molecule has 1 heterocycles. The molecule has 0 spiro atoms. The summed E-state index contributed by atoms with van der Waals surface area (Å²) in [6.45, 7) is 7.56. The lowest BCUT2D eigenvalue weighted by atomic mass is 10.0. The second-order valence-electron chi connectivity index (χ2n) is 5.82. The van der Waals surface area contributed by atoms with Crippen LogP contribution in [0, 0.1) is 13.8 Å². The van der Waals surface area contributed by atoms with Crippen LogP contribution in [-0.4, -0.2) is 23.9 Å². The van der Waals surface area contributed by atoms with Crippen LogP contribution in [0.2, 0.25) is 0 Å². The number of benzene rings is 1. The van der Waals surface area contributed by atoms with Crippen molar-refractivity contribution in [1.82, 2.24) is 10.2 Å². The lowest BCUT2D eigenvalue weighted by molar-refractivity contribution is -0.125. The maximum atomic E-state index is 12.3. The molecule has 22 heavy (non-hydrogen) atoms. The number of likely N-dealkylation sites (N-methyl/N-ethyl adjacent to an activating group) is 1. The first-order valence-electron chi connectivity index (χ1n) is 7.54. The molecule has 1 N–H and O–H groups in total. The van der Waals surface area contributed by atoms with Crippen LogP contribution in [0.1, 0.15) is 28.5 Å². The van der Waals surface area contributed by atoms with Gasteiger partial charge in [-0.05, 0) is 50.4 Å². The molecule has 0 radical (unpaired) electrons. The van der Waals surface area contributed by atoms with Crippen molar-refractivity contribution in [2.75, 3.05) is 7.05 Å². The Morgan fingerprint density at radius 1 is 1.32 bits per heavy atom. The minimum absolute atomic E-state index is 0.0701. The maximum Gasteiger partial charge on any atom is 0.237 e. The molecule has 2 rings (SSSR count). The smallest absolute Gasteiger partial charge is 0.237 e. The Kier molecular flexibility index (Phi) is 5.75. The fourth-order valence-electron chi connectivity index (χ4n) is 2.36. The number of amides is 1. The van der Waals surface area contributed by atoms with Crippen LogP contribution >= 0.6 is 11.3 Å². The van der Waals surface area contributed by atoms with Gasteiger partial charge in [0.05, 0.1) is 12.6 Å². The summed E-state index contributed by atoms with van der Waals surface area (Å²) in [7, 11) is 1.99. The lowest BCUT2D eigenvalue weighted by Gasteiger charge is -2.24. The summed E-state index contributed by atoms with van der Waals surface area (Å²) in [4.78, 5) is 15.5. The summed E-state index contributed by atoms with van der Waals surface area (Å²) in [6, 6.07) is 10.3. The van der Waals surface area contributed by atoms with Crippen molar-refractivity contribution in [2.24, 2.45) is 0 Å². The van der Waals surface area contributed by atoms with Crippen LogP contribution in [0.4, 0.5) is 0 Å². The number of carbonyl (C=O) groups is 1. The van der Waals surface area contributed by atoms with E-state index in [4.69, 9.17) is 0 Å². The van der Waals surface area contributed by atoms with Gasteiger partial charge >= 0.3 is 0 Å². The first kappa shape index (κ1) is 16.7. The number of hydrogen-bond acceptors (Lipinski definition) is 3. The Hall–Kier alpha value is -1.65. The Balaban J connectivity index is 1.90. The summed E-state index contributed by atoms with van der Waals surface area (Å²) in [5.41, 5.74) is 3.81. The molecule has 1 aromatic carbocycles. The first-order chi connectivity index (χ1) is 10.5. The van der Waals surface area contributed by atoms with Crippen LogP contribution in [0.3, 0.4) is 0 Å². The van der Waals surface area contributed by atoms with E-state index in [0.717, 1.165) is 6.54 Å². The molecule has 1 atom stereocenters. The molecule has 0 aliphatic rings. The predicted octanol–water partition coefficient (Wildman–Crippen LogP) is 3.50. The Labute approximate surface area is 137 Å². The molecule has 0 saturated carbocycles. The standard InChI is InChI=1S/C18H24N2OS/c1-13-7-8-16(14(2)10-13)12-20(4)15(3)18(21)19-11-17-6-5-9-22-17/h5-10,15H,11-12H2,1-4H3,(H,19,21)/t15-/m0/s1.